The highest BCUT2D eigenvalue weighted by molar-refractivity contribution is 6.58. The second kappa shape index (κ2) is 5.23. The van der Waals surface area contributed by atoms with E-state index >= 15 is 0 Å². The van der Waals surface area contributed by atoms with Gasteiger partial charge in [-0.2, -0.15) is 0 Å². The third-order valence-electron chi connectivity index (χ3n) is 2.62. The van der Waals surface area contributed by atoms with E-state index in [2.05, 4.69) is 0 Å². The van der Waals surface area contributed by atoms with Crippen LogP contribution in [-0.2, 0) is 0 Å². The van der Waals surface area contributed by atoms with Gasteiger partial charge in [-0.25, -0.2) is 4.39 Å². The quantitative estimate of drug-likeness (QED) is 0.585. The zero-order chi connectivity index (χ0) is 12.3. The molecule has 16 heavy (non-hydrogen) atoms. The normalized spacial score (nSPS) is 12.3. The van der Waals surface area contributed by atoms with Crippen molar-refractivity contribution in [2.75, 3.05) is 0 Å². The minimum Gasteiger partial charge on any atom is -0.423 e. The summed E-state index contributed by atoms with van der Waals surface area (Å²) in [6, 6.07) is 3.60. The molecule has 1 rings (SSSR count). The summed E-state index contributed by atoms with van der Waals surface area (Å²) in [4.78, 5) is 11.7. The van der Waals surface area contributed by atoms with Crippen molar-refractivity contribution in [2.45, 2.75) is 20.3 Å². The first-order valence-corrected chi connectivity index (χ1v) is 5.17. The fourth-order valence-electron chi connectivity index (χ4n) is 1.34. The van der Waals surface area contributed by atoms with Crippen LogP contribution in [-0.4, -0.2) is 22.9 Å². The number of hydrogen-bond acceptors (Lipinski definition) is 3. The Labute approximate surface area is 94.1 Å². The maximum atomic E-state index is 13.5. The number of hydrogen-bond donors (Lipinski definition) is 2. The first-order chi connectivity index (χ1) is 7.47. The molecule has 0 aliphatic carbocycles. The predicted molar refractivity (Wildman–Crippen MR) is 60.0 cm³/mol. The molecule has 0 fully saturated rings. The first kappa shape index (κ1) is 12.9. The second-order valence-electron chi connectivity index (χ2n) is 3.79. The van der Waals surface area contributed by atoms with Gasteiger partial charge in [0, 0.05) is 5.92 Å². The van der Waals surface area contributed by atoms with Crippen molar-refractivity contribution in [1.29, 1.82) is 0 Å². The van der Waals surface area contributed by atoms with E-state index in [9.17, 15) is 9.18 Å². The molecule has 0 saturated carbocycles. The van der Waals surface area contributed by atoms with Gasteiger partial charge in [0.15, 0.2) is 5.78 Å². The molecule has 0 aromatic heterocycles. The molecule has 0 spiro atoms. The van der Waals surface area contributed by atoms with Crippen LogP contribution < -0.4 is 5.46 Å². The SMILES string of the molecule is CCC(C)C(=O)c1ccc(B(O)O)cc1F. The maximum absolute atomic E-state index is 13.5. The van der Waals surface area contributed by atoms with E-state index in [1.54, 1.807) is 6.92 Å². The van der Waals surface area contributed by atoms with Crippen LogP contribution in [0.3, 0.4) is 0 Å². The lowest BCUT2D eigenvalue weighted by molar-refractivity contribution is 0.0923. The zero-order valence-corrected chi connectivity index (χ0v) is 9.27. The Morgan fingerprint density at radius 1 is 1.50 bits per heavy atom. The third kappa shape index (κ3) is 2.68. The van der Waals surface area contributed by atoms with Crippen LogP contribution in [0.4, 0.5) is 4.39 Å². The smallest absolute Gasteiger partial charge is 0.423 e. The minimum atomic E-state index is -1.72. The number of halogens is 1. The molecule has 0 bridgehead atoms. The number of carbonyl (C=O) groups is 1. The molecular weight excluding hydrogens is 210 g/mol. The highest BCUT2D eigenvalue weighted by Gasteiger charge is 2.19. The van der Waals surface area contributed by atoms with Gasteiger partial charge in [0.1, 0.15) is 5.82 Å². The summed E-state index contributed by atoms with van der Waals surface area (Å²) in [5.74, 6) is -1.21. The highest BCUT2D eigenvalue weighted by Crippen LogP contribution is 2.14. The van der Waals surface area contributed by atoms with Gasteiger partial charge in [0.25, 0.3) is 0 Å². The summed E-state index contributed by atoms with van der Waals surface area (Å²) in [5, 5.41) is 17.7. The van der Waals surface area contributed by atoms with Crippen molar-refractivity contribution in [3.05, 3.63) is 29.6 Å². The number of ketones is 1. The van der Waals surface area contributed by atoms with Crippen molar-refractivity contribution in [3.8, 4) is 0 Å². The standard InChI is InChI=1S/C11H14BFO3/c1-3-7(2)11(14)9-5-4-8(12(15)16)6-10(9)13/h4-7,15-16H,3H2,1-2H3. The van der Waals surface area contributed by atoms with Gasteiger partial charge < -0.3 is 10.0 Å². The Bertz CT molecular complexity index is 393. The van der Waals surface area contributed by atoms with E-state index in [1.165, 1.54) is 12.1 Å². The van der Waals surface area contributed by atoms with E-state index in [0.717, 1.165) is 6.07 Å². The van der Waals surface area contributed by atoms with Crippen LogP contribution in [0.1, 0.15) is 30.6 Å². The molecule has 86 valence electrons. The van der Waals surface area contributed by atoms with E-state index in [0.29, 0.717) is 6.42 Å². The van der Waals surface area contributed by atoms with Gasteiger partial charge >= 0.3 is 7.12 Å². The van der Waals surface area contributed by atoms with E-state index in [1.807, 2.05) is 6.92 Å². The molecule has 0 aliphatic rings. The highest BCUT2D eigenvalue weighted by atomic mass is 19.1. The lowest BCUT2D eigenvalue weighted by atomic mass is 9.79. The van der Waals surface area contributed by atoms with Crippen molar-refractivity contribution >= 4 is 18.4 Å². The number of Topliss-reactive ketones (excluding diaryl/α,β-unsaturated/α-hetero) is 1. The Hall–Kier alpha value is -1.20. The molecule has 0 amide bonds. The molecular formula is C11H14BFO3. The molecule has 0 heterocycles. The molecule has 1 aromatic rings. The average molecular weight is 224 g/mol. The summed E-state index contributed by atoms with van der Waals surface area (Å²) in [5.41, 5.74) is 0.0388. The minimum absolute atomic E-state index is 0.00116. The summed E-state index contributed by atoms with van der Waals surface area (Å²) in [6.07, 6.45) is 0.642. The van der Waals surface area contributed by atoms with Crippen LogP contribution in [0, 0.1) is 11.7 Å². The van der Waals surface area contributed by atoms with Crippen LogP contribution in [0.25, 0.3) is 0 Å². The monoisotopic (exact) mass is 224 g/mol. The summed E-state index contributed by atoms with van der Waals surface area (Å²) < 4.78 is 13.5. The molecule has 3 nitrogen and oxygen atoms in total. The van der Waals surface area contributed by atoms with Gasteiger partial charge in [-0.15, -0.1) is 0 Å². The van der Waals surface area contributed by atoms with E-state index < -0.39 is 12.9 Å². The fraction of sp³-hybridized carbons (Fsp3) is 0.364. The number of carbonyl (C=O) groups excluding carboxylic acids is 1. The molecule has 1 aromatic carbocycles. The van der Waals surface area contributed by atoms with Gasteiger partial charge in [0.2, 0.25) is 0 Å². The van der Waals surface area contributed by atoms with Gasteiger partial charge in [-0.3, -0.25) is 4.79 Å². The molecule has 1 atom stereocenters. The lowest BCUT2D eigenvalue weighted by Crippen LogP contribution is -2.30. The number of benzene rings is 1. The molecule has 2 N–H and O–H groups in total. The van der Waals surface area contributed by atoms with Crippen LogP contribution in [0.5, 0.6) is 0 Å². The summed E-state index contributed by atoms with van der Waals surface area (Å²) >= 11 is 0. The third-order valence-corrected chi connectivity index (χ3v) is 2.62. The summed E-state index contributed by atoms with van der Waals surface area (Å²) in [7, 11) is -1.72. The van der Waals surface area contributed by atoms with Crippen molar-refractivity contribution < 1.29 is 19.2 Å². The summed E-state index contributed by atoms with van der Waals surface area (Å²) in [6.45, 7) is 3.59. The van der Waals surface area contributed by atoms with Crippen LogP contribution in [0.2, 0.25) is 0 Å². The van der Waals surface area contributed by atoms with Gasteiger partial charge in [0.05, 0.1) is 5.56 Å². The lowest BCUT2D eigenvalue weighted by Gasteiger charge is -2.09. The Morgan fingerprint density at radius 3 is 2.56 bits per heavy atom. The van der Waals surface area contributed by atoms with Crippen LogP contribution >= 0.6 is 0 Å². The Balaban J connectivity index is 3.04. The molecule has 0 radical (unpaired) electrons. The van der Waals surface area contributed by atoms with Gasteiger partial charge in [-0.05, 0) is 24.0 Å². The fourth-order valence-corrected chi connectivity index (χ4v) is 1.34. The Morgan fingerprint density at radius 2 is 2.12 bits per heavy atom. The van der Waals surface area contributed by atoms with E-state index in [-0.39, 0.29) is 22.7 Å². The van der Waals surface area contributed by atoms with Crippen molar-refractivity contribution in [3.63, 3.8) is 0 Å². The first-order valence-electron chi connectivity index (χ1n) is 5.17. The topological polar surface area (TPSA) is 57.5 Å². The maximum Gasteiger partial charge on any atom is 0.488 e. The second-order valence-corrected chi connectivity index (χ2v) is 3.79. The van der Waals surface area contributed by atoms with Gasteiger partial charge in [-0.1, -0.05) is 19.9 Å². The predicted octanol–water partition coefficient (Wildman–Crippen LogP) is 0.734. The molecule has 0 saturated heterocycles. The Kier molecular flexibility index (Phi) is 4.21. The van der Waals surface area contributed by atoms with Crippen molar-refractivity contribution in [2.24, 2.45) is 5.92 Å². The molecule has 5 heteroatoms. The van der Waals surface area contributed by atoms with Crippen molar-refractivity contribution in [1.82, 2.24) is 0 Å². The molecule has 1 unspecified atom stereocenters. The van der Waals surface area contributed by atoms with E-state index in [4.69, 9.17) is 10.0 Å². The number of rotatable bonds is 4. The zero-order valence-electron chi connectivity index (χ0n) is 9.27. The molecule has 0 aliphatic heterocycles. The average Bonchev–Trinajstić information content (AvgIpc) is 2.26. The van der Waals surface area contributed by atoms with Crippen LogP contribution in [0.15, 0.2) is 18.2 Å². The largest absolute Gasteiger partial charge is 0.488 e.